The second kappa shape index (κ2) is 3.90. The Bertz CT molecular complexity index is 478. The molecule has 0 saturated carbocycles. The summed E-state index contributed by atoms with van der Waals surface area (Å²) in [5.41, 5.74) is 2.06. The Labute approximate surface area is 92.9 Å². The van der Waals surface area contributed by atoms with Crippen LogP contribution >= 0.6 is 11.6 Å². The largest absolute Gasteiger partial charge is 0.337 e. The van der Waals surface area contributed by atoms with Crippen molar-refractivity contribution in [3.05, 3.63) is 35.0 Å². The van der Waals surface area contributed by atoms with Crippen molar-refractivity contribution < 1.29 is 0 Å². The third-order valence-electron chi connectivity index (χ3n) is 2.05. The minimum absolute atomic E-state index is 0.725. The molecule has 0 bridgehead atoms. The standard InChI is InChI=1S/C10H11ClN4/c1-7-5-8(11)3-4-9(7)12-10-6-15(2)14-13-10/h3-6,12H,1-2H3. The van der Waals surface area contributed by atoms with Gasteiger partial charge in [-0.3, -0.25) is 4.68 Å². The number of rotatable bonds is 2. The fraction of sp³-hybridized carbons (Fsp3) is 0.200. The van der Waals surface area contributed by atoms with E-state index in [0.29, 0.717) is 0 Å². The van der Waals surface area contributed by atoms with Gasteiger partial charge in [-0.1, -0.05) is 16.8 Å². The van der Waals surface area contributed by atoms with Gasteiger partial charge < -0.3 is 5.32 Å². The molecular formula is C10H11ClN4. The van der Waals surface area contributed by atoms with Crippen LogP contribution in [0.5, 0.6) is 0 Å². The smallest absolute Gasteiger partial charge is 0.172 e. The van der Waals surface area contributed by atoms with Crippen molar-refractivity contribution in [3.63, 3.8) is 0 Å². The summed E-state index contributed by atoms with van der Waals surface area (Å²) in [5, 5.41) is 11.7. The predicted molar refractivity (Wildman–Crippen MR) is 60.5 cm³/mol. The molecule has 0 spiro atoms. The maximum atomic E-state index is 5.86. The lowest BCUT2D eigenvalue weighted by Crippen LogP contribution is -1.93. The summed E-state index contributed by atoms with van der Waals surface area (Å²) in [4.78, 5) is 0. The Morgan fingerprint density at radius 2 is 2.20 bits per heavy atom. The van der Waals surface area contributed by atoms with E-state index in [9.17, 15) is 0 Å². The van der Waals surface area contributed by atoms with Crippen LogP contribution in [0.3, 0.4) is 0 Å². The molecule has 78 valence electrons. The van der Waals surface area contributed by atoms with Crippen LogP contribution in [-0.2, 0) is 7.05 Å². The SMILES string of the molecule is Cc1cc(Cl)ccc1Nc1cn(C)nn1. The monoisotopic (exact) mass is 222 g/mol. The van der Waals surface area contributed by atoms with Crippen LogP contribution in [0.4, 0.5) is 11.5 Å². The van der Waals surface area contributed by atoms with Crippen LogP contribution in [0.2, 0.25) is 5.02 Å². The molecule has 0 aliphatic carbocycles. The highest BCUT2D eigenvalue weighted by Gasteiger charge is 2.02. The fourth-order valence-corrected chi connectivity index (χ4v) is 1.54. The molecule has 0 radical (unpaired) electrons. The van der Waals surface area contributed by atoms with Crippen LogP contribution in [0, 0.1) is 6.92 Å². The van der Waals surface area contributed by atoms with Crippen molar-refractivity contribution in [2.75, 3.05) is 5.32 Å². The number of benzene rings is 1. The molecule has 0 fully saturated rings. The second-order valence-electron chi connectivity index (χ2n) is 3.36. The molecule has 0 atom stereocenters. The molecule has 0 unspecified atom stereocenters. The van der Waals surface area contributed by atoms with Gasteiger partial charge in [-0.25, -0.2) is 0 Å². The molecule has 2 aromatic rings. The molecule has 1 aromatic carbocycles. The van der Waals surface area contributed by atoms with Gasteiger partial charge in [0.25, 0.3) is 0 Å². The molecular weight excluding hydrogens is 212 g/mol. The molecule has 0 aliphatic rings. The number of aryl methyl sites for hydroxylation is 2. The number of halogens is 1. The lowest BCUT2D eigenvalue weighted by atomic mass is 10.2. The molecule has 1 heterocycles. The summed E-state index contributed by atoms with van der Waals surface area (Å²) < 4.78 is 1.65. The first-order valence-electron chi connectivity index (χ1n) is 4.54. The normalized spacial score (nSPS) is 10.3. The van der Waals surface area contributed by atoms with Crippen molar-refractivity contribution in [3.8, 4) is 0 Å². The summed E-state index contributed by atoms with van der Waals surface area (Å²) in [6.07, 6.45) is 1.81. The lowest BCUT2D eigenvalue weighted by Gasteiger charge is -2.06. The van der Waals surface area contributed by atoms with Gasteiger partial charge in [0.2, 0.25) is 0 Å². The van der Waals surface area contributed by atoms with Gasteiger partial charge in [0.05, 0.1) is 6.20 Å². The first-order chi connectivity index (χ1) is 7.15. The average molecular weight is 223 g/mol. The Balaban J connectivity index is 2.24. The Morgan fingerprint density at radius 1 is 1.40 bits per heavy atom. The van der Waals surface area contributed by atoms with E-state index in [1.807, 2.05) is 38.4 Å². The van der Waals surface area contributed by atoms with Gasteiger partial charge >= 0.3 is 0 Å². The van der Waals surface area contributed by atoms with Gasteiger partial charge in [-0.05, 0) is 30.7 Å². The quantitative estimate of drug-likeness (QED) is 0.849. The fourth-order valence-electron chi connectivity index (χ4n) is 1.31. The summed E-state index contributed by atoms with van der Waals surface area (Å²) >= 11 is 5.86. The second-order valence-corrected chi connectivity index (χ2v) is 3.80. The van der Waals surface area contributed by atoms with E-state index in [1.54, 1.807) is 4.68 Å². The molecule has 0 amide bonds. The van der Waals surface area contributed by atoms with E-state index in [4.69, 9.17) is 11.6 Å². The average Bonchev–Trinajstić information content (AvgIpc) is 2.56. The third-order valence-corrected chi connectivity index (χ3v) is 2.29. The van der Waals surface area contributed by atoms with Crippen LogP contribution in [0.15, 0.2) is 24.4 Å². The van der Waals surface area contributed by atoms with Crippen molar-refractivity contribution in [1.29, 1.82) is 0 Å². The topological polar surface area (TPSA) is 42.7 Å². The third kappa shape index (κ3) is 2.27. The maximum absolute atomic E-state index is 5.86. The minimum Gasteiger partial charge on any atom is -0.337 e. The highest BCUT2D eigenvalue weighted by atomic mass is 35.5. The van der Waals surface area contributed by atoms with Gasteiger partial charge in [0.15, 0.2) is 5.82 Å². The van der Waals surface area contributed by atoms with Crippen molar-refractivity contribution >= 4 is 23.1 Å². The number of aromatic nitrogens is 3. The zero-order chi connectivity index (χ0) is 10.8. The van der Waals surface area contributed by atoms with Crippen LogP contribution in [-0.4, -0.2) is 15.0 Å². The molecule has 5 heteroatoms. The van der Waals surface area contributed by atoms with E-state index in [1.165, 1.54) is 0 Å². The van der Waals surface area contributed by atoms with Gasteiger partial charge in [0.1, 0.15) is 0 Å². The van der Waals surface area contributed by atoms with E-state index in [0.717, 1.165) is 22.1 Å². The zero-order valence-corrected chi connectivity index (χ0v) is 9.28. The highest BCUT2D eigenvalue weighted by molar-refractivity contribution is 6.30. The number of hydrogen-bond acceptors (Lipinski definition) is 3. The minimum atomic E-state index is 0.725. The molecule has 4 nitrogen and oxygen atoms in total. The molecule has 0 saturated heterocycles. The number of hydrogen-bond donors (Lipinski definition) is 1. The van der Waals surface area contributed by atoms with E-state index in [-0.39, 0.29) is 0 Å². The zero-order valence-electron chi connectivity index (χ0n) is 8.53. The van der Waals surface area contributed by atoms with Gasteiger partial charge in [-0.2, -0.15) is 0 Å². The molecule has 2 rings (SSSR count). The van der Waals surface area contributed by atoms with Gasteiger partial charge in [0, 0.05) is 17.8 Å². The molecule has 1 N–H and O–H groups in total. The first-order valence-corrected chi connectivity index (χ1v) is 4.92. The van der Waals surface area contributed by atoms with Crippen molar-refractivity contribution in [2.45, 2.75) is 6.92 Å². The van der Waals surface area contributed by atoms with Crippen molar-refractivity contribution in [1.82, 2.24) is 15.0 Å². The van der Waals surface area contributed by atoms with E-state index < -0.39 is 0 Å². The predicted octanol–water partition coefficient (Wildman–Crippen LogP) is 2.52. The summed E-state index contributed by atoms with van der Waals surface area (Å²) in [7, 11) is 1.83. The van der Waals surface area contributed by atoms with E-state index in [2.05, 4.69) is 15.6 Å². The Hall–Kier alpha value is -1.55. The number of nitrogens with zero attached hydrogens (tertiary/aromatic N) is 3. The van der Waals surface area contributed by atoms with Crippen molar-refractivity contribution in [2.24, 2.45) is 7.05 Å². The first kappa shape index (κ1) is 9.98. The molecule has 1 aromatic heterocycles. The molecule has 0 aliphatic heterocycles. The Morgan fingerprint density at radius 3 is 2.80 bits per heavy atom. The van der Waals surface area contributed by atoms with Crippen LogP contribution < -0.4 is 5.32 Å². The van der Waals surface area contributed by atoms with Gasteiger partial charge in [-0.15, -0.1) is 5.10 Å². The van der Waals surface area contributed by atoms with E-state index >= 15 is 0 Å². The summed E-state index contributed by atoms with van der Waals surface area (Å²) in [6, 6.07) is 5.67. The highest BCUT2D eigenvalue weighted by Crippen LogP contribution is 2.22. The maximum Gasteiger partial charge on any atom is 0.172 e. The molecule has 15 heavy (non-hydrogen) atoms. The van der Waals surface area contributed by atoms with Crippen LogP contribution in [0.1, 0.15) is 5.56 Å². The van der Waals surface area contributed by atoms with Crippen LogP contribution in [0.25, 0.3) is 0 Å². The number of anilines is 2. The number of nitrogens with one attached hydrogen (secondary N) is 1. The Kier molecular flexibility index (Phi) is 2.60. The summed E-state index contributed by atoms with van der Waals surface area (Å²) in [6.45, 7) is 1.99. The summed E-state index contributed by atoms with van der Waals surface area (Å²) in [5.74, 6) is 0.725. The lowest BCUT2D eigenvalue weighted by molar-refractivity contribution is 0.715.